The number of aliphatic carboxylic acids is 1. The topological polar surface area (TPSA) is 84.9 Å². The summed E-state index contributed by atoms with van der Waals surface area (Å²) in [6, 6.07) is 6.18. The summed E-state index contributed by atoms with van der Waals surface area (Å²) in [6.07, 6.45) is -0.981. The molecule has 21 heavy (non-hydrogen) atoms. The van der Waals surface area contributed by atoms with Crippen LogP contribution in [0.3, 0.4) is 0 Å². The number of alkyl carbamates (subject to hydrolysis) is 1. The Kier molecular flexibility index (Phi) is 4.06. The fourth-order valence-electron chi connectivity index (χ4n) is 2.14. The maximum Gasteiger partial charge on any atom is 0.408 e. The predicted octanol–water partition coefficient (Wildman–Crippen LogP) is 1.97. The van der Waals surface area contributed by atoms with E-state index in [-0.39, 0.29) is 0 Å². The first-order valence-corrected chi connectivity index (χ1v) is 6.73. The van der Waals surface area contributed by atoms with E-state index in [1.54, 1.807) is 26.8 Å². The second-order valence-corrected chi connectivity index (χ2v) is 5.93. The summed E-state index contributed by atoms with van der Waals surface area (Å²) in [4.78, 5) is 23.1. The summed E-state index contributed by atoms with van der Waals surface area (Å²) in [5, 5.41) is 11.7. The molecule has 2 N–H and O–H groups in total. The van der Waals surface area contributed by atoms with Crippen molar-refractivity contribution in [1.29, 1.82) is 0 Å². The number of para-hydroxylation sites is 1. The molecule has 1 heterocycles. The number of carbonyl (C=O) groups excluding carboxylic acids is 1. The van der Waals surface area contributed by atoms with Gasteiger partial charge < -0.3 is 19.9 Å². The van der Waals surface area contributed by atoms with Crippen LogP contribution in [0.15, 0.2) is 24.3 Å². The van der Waals surface area contributed by atoms with Gasteiger partial charge in [0.25, 0.3) is 0 Å². The molecule has 1 aliphatic rings. The van der Waals surface area contributed by atoms with Crippen LogP contribution in [0, 0.1) is 0 Å². The van der Waals surface area contributed by atoms with Crippen LogP contribution in [0.2, 0.25) is 0 Å². The van der Waals surface area contributed by atoms with E-state index in [2.05, 4.69) is 5.32 Å². The Bertz CT molecular complexity index is 524. The molecule has 0 spiro atoms. The van der Waals surface area contributed by atoms with Crippen LogP contribution >= 0.6 is 0 Å². The molecule has 2 atom stereocenters. The minimum absolute atomic E-state index is 0.433. The predicted molar refractivity (Wildman–Crippen MR) is 75.4 cm³/mol. The lowest BCUT2D eigenvalue weighted by Gasteiger charge is -2.24. The largest absolute Gasteiger partial charge is 0.487 e. The zero-order valence-corrected chi connectivity index (χ0v) is 12.3. The highest BCUT2D eigenvalue weighted by molar-refractivity contribution is 5.81. The van der Waals surface area contributed by atoms with Crippen molar-refractivity contribution >= 4 is 12.1 Å². The quantitative estimate of drug-likeness (QED) is 0.890. The lowest BCUT2D eigenvalue weighted by atomic mass is 10.0. The monoisotopic (exact) mass is 293 g/mol. The van der Waals surface area contributed by atoms with Crippen LogP contribution in [0.5, 0.6) is 5.75 Å². The van der Waals surface area contributed by atoms with Gasteiger partial charge in [0.05, 0.1) is 0 Å². The third-order valence-electron chi connectivity index (χ3n) is 2.98. The van der Waals surface area contributed by atoms with Crippen LogP contribution in [0.1, 0.15) is 26.3 Å². The molecule has 2 rings (SSSR count). The average molecular weight is 293 g/mol. The molecule has 6 heteroatoms. The molecule has 114 valence electrons. The maximum absolute atomic E-state index is 11.8. The van der Waals surface area contributed by atoms with Crippen molar-refractivity contribution in [2.45, 2.75) is 44.9 Å². The number of rotatable bonds is 3. The van der Waals surface area contributed by atoms with Gasteiger partial charge >= 0.3 is 12.1 Å². The highest BCUT2D eigenvalue weighted by Gasteiger charge is 2.37. The Morgan fingerprint density at radius 2 is 2.05 bits per heavy atom. The molecule has 0 saturated heterocycles. The first kappa shape index (κ1) is 15.2. The van der Waals surface area contributed by atoms with E-state index in [0.29, 0.717) is 12.2 Å². The number of hydrogen-bond donors (Lipinski definition) is 2. The molecule has 1 amide bonds. The summed E-state index contributed by atoms with van der Waals surface area (Å²) in [6.45, 7) is 5.14. The zero-order valence-electron chi connectivity index (χ0n) is 12.3. The van der Waals surface area contributed by atoms with Gasteiger partial charge in [-0.3, -0.25) is 0 Å². The van der Waals surface area contributed by atoms with Crippen LogP contribution in [-0.2, 0) is 16.0 Å². The molecule has 0 saturated carbocycles. The second-order valence-electron chi connectivity index (χ2n) is 5.93. The fourth-order valence-corrected chi connectivity index (χ4v) is 2.14. The third-order valence-corrected chi connectivity index (χ3v) is 2.98. The van der Waals surface area contributed by atoms with Gasteiger partial charge in [0, 0.05) is 6.42 Å². The van der Waals surface area contributed by atoms with Crippen molar-refractivity contribution in [2.75, 3.05) is 0 Å². The highest BCUT2D eigenvalue weighted by Crippen LogP contribution is 2.29. The number of ether oxygens (including phenoxy) is 2. The second kappa shape index (κ2) is 5.63. The Labute approximate surface area is 123 Å². The van der Waals surface area contributed by atoms with Crippen molar-refractivity contribution in [1.82, 2.24) is 5.32 Å². The fraction of sp³-hybridized carbons (Fsp3) is 0.467. The minimum Gasteiger partial charge on any atom is -0.487 e. The van der Waals surface area contributed by atoms with E-state index < -0.39 is 29.8 Å². The highest BCUT2D eigenvalue weighted by atomic mass is 16.6. The average Bonchev–Trinajstić information content (AvgIpc) is 2.76. The van der Waals surface area contributed by atoms with Crippen LogP contribution in [0.25, 0.3) is 0 Å². The number of hydrogen-bond acceptors (Lipinski definition) is 4. The van der Waals surface area contributed by atoms with Crippen LogP contribution < -0.4 is 10.1 Å². The Hall–Kier alpha value is -2.24. The summed E-state index contributed by atoms with van der Waals surface area (Å²) >= 11 is 0. The maximum atomic E-state index is 11.8. The van der Waals surface area contributed by atoms with E-state index >= 15 is 0 Å². The van der Waals surface area contributed by atoms with Crippen LogP contribution in [0.4, 0.5) is 4.79 Å². The lowest BCUT2D eigenvalue weighted by Crippen LogP contribution is -2.51. The van der Waals surface area contributed by atoms with E-state index in [4.69, 9.17) is 9.47 Å². The number of benzene rings is 1. The van der Waals surface area contributed by atoms with Crippen LogP contribution in [-0.4, -0.2) is 34.9 Å². The first-order valence-electron chi connectivity index (χ1n) is 6.73. The van der Waals surface area contributed by atoms with Gasteiger partial charge in [-0.2, -0.15) is 0 Å². The van der Waals surface area contributed by atoms with Crippen molar-refractivity contribution in [2.24, 2.45) is 0 Å². The van der Waals surface area contributed by atoms with Gasteiger partial charge in [0.15, 0.2) is 6.04 Å². The normalized spacial score (nSPS) is 18.3. The Balaban J connectivity index is 2.05. The van der Waals surface area contributed by atoms with Gasteiger partial charge in [-0.05, 0) is 32.4 Å². The molecule has 1 aliphatic heterocycles. The number of carbonyl (C=O) groups is 2. The molecule has 0 bridgehead atoms. The summed E-state index contributed by atoms with van der Waals surface area (Å²) in [5.74, 6) is -0.501. The van der Waals surface area contributed by atoms with Crippen molar-refractivity contribution in [3.63, 3.8) is 0 Å². The van der Waals surface area contributed by atoms with Crippen molar-refractivity contribution in [3.8, 4) is 5.75 Å². The van der Waals surface area contributed by atoms with Gasteiger partial charge in [-0.15, -0.1) is 0 Å². The number of carboxylic acid groups (broad SMARTS) is 1. The lowest BCUT2D eigenvalue weighted by molar-refractivity contribution is -0.141. The number of fused-ring (bicyclic) bond motifs is 1. The van der Waals surface area contributed by atoms with E-state index in [1.165, 1.54) is 0 Å². The van der Waals surface area contributed by atoms with Gasteiger partial charge in [0.1, 0.15) is 17.5 Å². The van der Waals surface area contributed by atoms with Gasteiger partial charge in [0.2, 0.25) is 0 Å². The van der Waals surface area contributed by atoms with Crippen molar-refractivity contribution in [3.05, 3.63) is 29.8 Å². The minimum atomic E-state index is -1.16. The van der Waals surface area contributed by atoms with Crippen molar-refractivity contribution < 1.29 is 24.2 Å². The van der Waals surface area contributed by atoms with Gasteiger partial charge in [-0.25, -0.2) is 9.59 Å². The molecular weight excluding hydrogens is 274 g/mol. The summed E-state index contributed by atoms with van der Waals surface area (Å²) < 4.78 is 10.7. The summed E-state index contributed by atoms with van der Waals surface area (Å²) in [7, 11) is 0. The number of nitrogens with one attached hydrogen (secondary N) is 1. The van der Waals surface area contributed by atoms with E-state index in [1.807, 2.05) is 18.2 Å². The molecule has 0 fully saturated rings. The Morgan fingerprint density at radius 3 is 2.62 bits per heavy atom. The number of carboxylic acids is 1. The molecule has 0 unspecified atom stereocenters. The molecule has 0 aromatic heterocycles. The molecule has 0 radical (unpaired) electrons. The smallest absolute Gasteiger partial charge is 0.408 e. The molecule has 1 aromatic rings. The SMILES string of the molecule is CC(C)(C)OC(=O)N[C@H](C(=O)O)[C@@H]1Cc2ccccc2O1. The zero-order chi connectivity index (χ0) is 15.6. The number of amides is 1. The van der Waals surface area contributed by atoms with E-state index in [0.717, 1.165) is 5.56 Å². The molecule has 1 aromatic carbocycles. The molecular formula is C15H19NO5. The standard InChI is InChI=1S/C15H19NO5/c1-15(2,3)21-14(19)16-12(13(17)18)11-8-9-6-4-5-7-10(9)20-11/h4-7,11-12H,8H2,1-3H3,(H,16,19)(H,17,18)/t11-,12-/m0/s1. The molecule has 6 nitrogen and oxygen atoms in total. The first-order chi connectivity index (χ1) is 9.76. The third kappa shape index (κ3) is 3.87. The molecule has 0 aliphatic carbocycles. The van der Waals surface area contributed by atoms with E-state index in [9.17, 15) is 14.7 Å². The van der Waals surface area contributed by atoms with Gasteiger partial charge in [-0.1, -0.05) is 18.2 Å². The Morgan fingerprint density at radius 1 is 1.38 bits per heavy atom. The summed E-state index contributed by atoms with van der Waals surface area (Å²) in [5.41, 5.74) is 0.242.